The van der Waals surface area contributed by atoms with Gasteiger partial charge in [0.2, 0.25) is 5.91 Å². The van der Waals surface area contributed by atoms with Crippen molar-refractivity contribution in [2.24, 2.45) is 5.92 Å². The zero-order valence-electron chi connectivity index (χ0n) is 14.4. The molecule has 1 atom stereocenters. The maximum atomic E-state index is 12.4. The van der Waals surface area contributed by atoms with Crippen molar-refractivity contribution in [3.8, 4) is 0 Å². The normalized spacial score (nSPS) is 16.3. The Hall–Kier alpha value is -1.87. The average molecular weight is 430 g/mol. The first kappa shape index (κ1) is 19.9. The third-order valence-corrected chi connectivity index (χ3v) is 5.30. The standard InChI is InChI=1S/C17H17Cl2N3O4S/c1-25-16(24)13-14(20-15(23)10-4-5-26-8-10)21-17(27)22(13)7-9-2-3-11(18)12(19)6-9/h2-3,6,10H,4-5,7-8H2,1H3,(H,20,23)(H,21,27). The van der Waals surface area contributed by atoms with Gasteiger partial charge in [0.25, 0.3) is 0 Å². The number of ether oxygens (including phenoxy) is 2. The van der Waals surface area contributed by atoms with Gasteiger partial charge in [-0.3, -0.25) is 4.79 Å². The monoisotopic (exact) mass is 429 g/mol. The van der Waals surface area contributed by atoms with E-state index < -0.39 is 5.97 Å². The van der Waals surface area contributed by atoms with Gasteiger partial charge in [-0.05, 0) is 36.3 Å². The van der Waals surface area contributed by atoms with Crippen molar-refractivity contribution in [3.63, 3.8) is 0 Å². The smallest absolute Gasteiger partial charge is 0.358 e. The number of imidazole rings is 1. The van der Waals surface area contributed by atoms with Gasteiger partial charge in [-0.25, -0.2) is 4.79 Å². The Morgan fingerprint density at radius 1 is 1.41 bits per heavy atom. The molecule has 3 rings (SSSR count). The average Bonchev–Trinajstić information content (AvgIpc) is 3.27. The van der Waals surface area contributed by atoms with Crippen molar-refractivity contribution in [2.45, 2.75) is 13.0 Å². The van der Waals surface area contributed by atoms with Gasteiger partial charge in [-0.15, -0.1) is 0 Å². The number of benzene rings is 1. The van der Waals surface area contributed by atoms with Crippen LogP contribution in [-0.2, 0) is 20.8 Å². The Balaban J connectivity index is 1.94. The zero-order valence-corrected chi connectivity index (χ0v) is 16.7. The Kier molecular flexibility index (Phi) is 6.21. The molecule has 1 aliphatic heterocycles. The largest absolute Gasteiger partial charge is 0.464 e. The number of amides is 1. The molecule has 0 aliphatic carbocycles. The van der Waals surface area contributed by atoms with E-state index >= 15 is 0 Å². The van der Waals surface area contributed by atoms with Gasteiger partial charge >= 0.3 is 5.97 Å². The molecule has 1 aromatic carbocycles. The van der Waals surface area contributed by atoms with Gasteiger partial charge in [0, 0.05) is 6.61 Å². The number of carbonyl (C=O) groups is 2. The molecule has 1 saturated heterocycles. The summed E-state index contributed by atoms with van der Waals surface area (Å²) in [7, 11) is 1.26. The van der Waals surface area contributed by atoms with Crippen LogP contribution in [-0.4, -0.2) is 41.8 Å². The summed E-state index contributed by atoms with van der Waals surface area (Å²) in [6.45, 7) is 1.14. The number of methoxy groups -OCH3 is 1. The van der Waals surface area contributed by atoms with Crippen molar-refractivity contribution in [1.29, 1.82) is 0 Å². The lowest BCUT2D eigenvalue weighted by atomic mass is 10.1. The second-order valence-corrected chi connectivity index (χ2v) is 7.23. The predicted molar refractivity (Wildman–Crippen MR) is 104 cm³/mol. The summed E-state index contributed by atoms with van der Waals surface area (Å²) in [5, 5.41) is 3.55. The summed E-state index contributed by atoms with van der Waals surface area (Å²) >= 11 is 17.3. The van der Waals surface area contributed by atoms with Crippen LogP contribution in [0.25, 0.3) is 0 Å². The Morgan fingerprint density at radius 3 is 2.81 bits per heavy atom. The third-order valence-electron chi connectivity index (χ3n) is 4.24. The lowest BCUT2D eigenvalue weighted by Gasteiger charge is -2.11. The summed E-state index contributed by atoms with van der Waals surface area (Å²) in [6.07, 6.45) is 0.629. The van der Waals surface area contributed by atoms with E-state index in [2.05, 4.69) is 10.3 Å². The minimum absolute atomic E-state index is 0.126. The van der Waals surface area contributed by atoms with Crippen LogP contribution < -0.4 is 5.32 Å². The number of hydrogen-bond donors (Lipinski definition) is 2. The first-order valence-electron chi connectivity index (χ1n) is 8.14. The molecular weight excluding hydrogens is 413 g/mol. The number of H-pyrrole nitrogens is 1. The minimum atomic E-state index is -0.625. The summed E-state index contributed by atoms with van der Waals surface area (Å²) in [5.74, 6) is -0.935. The number of hydrogen-bond acceptors (Lipinski definition) is 5. The zero-order chi connectivity index (χ0) is 19.6. The van der Waals surface area contributed by atoms with E-state index in [1.54, 1.807) is 22.8 Å². The van der Waals surface area contributed by atoms with Crippen LogP contribution in [0.3, 0.4) is 0 Å². The second kappa shape index (κ2) is 8.43. The molecule has 27 heavy (non-hydrogen) atoms. The molecule has 0 bridgehead atoms. The van der Waals surface area contributed by atoms with Gasteiger partial charge in [0.1, 0.15) is 5.82 Å². The fourth-order valence-electron chi connectivity index (χ4n) is 2.81. The molecule has 0 radical (unpaired) electrons. The second-order valence-electron chi connectivity index (χ2n) is 6.03. The van der Waals surface area contributed by atoms with Crippen LogP contribution in [0.1, 0.15) is 22.5 Å². The molecule has 2 N–H and O–H groups in total. The fraction of sp³-hybridized carbons (Fsp3) is 0.353. The van der Waals surface area contributed by atoms with Crippen molar-refractivity contribution in [1.82, 2.24) is 9.55 Å². The van der Waals surface area contributed by atoms with E-state index in [1.165, 1.54) is 7.11 Å². The molecule has 0 spiro atoms. The van der Waals surface area contributed by atoms with E-state index in [-0.39, 0.29) is 34.7 Å². The van der Waals surface area contributed by atoms with Crippen LogP contribution in [0.4, 0.5) is 5.82 Å². The third kappa shape index (κ3) is 4.35. The summed E-state index contributed by atoms with van der Waals surface area (Å²) in [4.78, 5) is 27.6. The highest BCUT2D eigenvalue weighted by atomic mass is 35.5. The maximum Gasteiger partial charge on any atom is 0.358 e. The van der Waals surface area contributed by atoms with E-state index in [1.807, 2.05) is 0 Å². The Bertz CT molecular complexity index is 935. The topological polar surface area (TPSA) is 85.3 Å². The van der Waals surface area contributed by atoms with Crippen LogP contribution in [0.2, 0.25) is 10.0 Å². The molecular formula is C17H17Cl2N3O4S. The Labute approximate surface area is 170 Å². The van der Waals surface area contributed by atoms with E-state index in [0.29, 0.717) is 29.7 Å². The van der Waals surface area contributed by atoms with Gasteiger partial charge in [-0.1, -0.05) is 29.3 Å². The molecule has 1 amide bonds. The number of carbonyl (C=O) groups excluding carboxylic acids is 2. The quantitative estimate of drug-likeness (QED) is 0.559. The summed E-state index contributed by atoms with van der Waals surface area (Å²) < 4.78 is 11.9. The molecule has 0 saturated carbocycles. The molecule has 144 valence electrons. The highest BCUT2D eigenvalue weighted by Crippen LogP contribution is 2.25. The molecule has 7 nitrogen and oxygen atoms in total. The van der Waals surface area contributed by atoms with E-state index in [0.717, 1.165) is 5.56 Å². The number of aromatic nitrogens is 2. The number of nitrogens with one attached hydrogen (secondary N) is 2. The highest BCUT2D eigenvalue weighted by Gasteiger charge is 2.27. The first-order chi connectivity index (χ1) is 12.9. The van der Waals surface area contributed by atoms with Crippen molar-refractivity contribution < 1.29 is 19.1 Å². The number of rotatable bonds is 5. The minimum Gasteiger partial charge on any atom is -0.464 e. The van der Waals surface area contributed by atoms with Gasteiger partial charge in [-0.2, -0.15) is 0 Å². The van der Waals surface area contributed by atoms with E-state index in [4.69, 9.17) is 44.9 Å². The molecule has 1 aliphatic rings. The highest BCUT2D eigenvalue weighted by molar-refractivity contribution is 7.71. The molecule has 2 aromatic rings. The number of aromatic amines is 1. The lowest BCUT2D eigenvalue weighted by Crippen LogP contribution is -2.24. The van der Waals surface area contributed by atoms with Crippen LogP contribution in [0.15, 0.2) is 18.2 Å². The Morgan fingerprint density at radius 2 is 2.19 bits per heavy atom. The SMILES string of the molecule is COC(=O)c1c(NC(=O)C2CCOC2)[nH]c(=S)n1Cc1ccc(Cl)c(Cl)c1. The van der Waals surface area contributed by atoms with Crippen molar-refractivity contribution in [3.05, 3.63) is 44.3 Å². The number of esters is 1. The van der Waals surface area contributed by atoms with Crippen LogP contribution in [0.5, 0.6) is 0 Å². The van der Waals surface area contributed by atoms with Crippen molar-refractivity contribution in [2.75, 3.05) is 25.6 Å². The van der Waals surface area contributed by atoms with Crippen LogP contribution in [0, 0.1) is 10.7 Å². The van der Waals surface area contributed by atoms with Crippen LogP contribution >= 0.6 is 35.4 Å². The fourth-order valence-corrected chi connectivity index (χ4v) is 3.39. The molecule has 10 heteroatoms. The number of nitrogens with zero attached hydrogens (tertiary/aromatic N) is 1. The van der Waals surface area contributed by atoms with E-state index in [9.17, 15) is 9.59 Å². The predicted octanol–water partition coefficient (Wildman–Crippen LogP) is 3.66. The van der Waals surface area contributed by atoms with Gasteiger partial charge in [0.05, 0.1) is 36.2 Å². The van der Waals surface area contributed by atoms with Gasteiger partial charge < -0.3 is 24.3 Å². The molecule has 1 fully saturated rings. The summed E-state index contributed by atoms with van der Waals surface area (Å²) in [5.41, 5.74) is 0.910. The van der Waals surface area contributed by atoms with Gasteiger partial charge in [0.15, 0.2) is 10.5 Å². The lowest BCUT2D eigenvalue weighted by molar-refractivity contribution is -0.119. The molecule has 2 heterocycles. The first-order valence-corrected chi connectivity index (χ1v) is 9.30. The maximum absolute atomic E-state index is 12.4. The number of anilines is 1. The molecule has 1 unspecified atom stereocenters. The number of halogens is 2. The van der Waals surface area contributed by atoms with Crippen molar-refractivity contribution >= 4 is 53.1 Å². The molecule has 1 aromatic heterocycles. The summed E-state index contributed by atoms with van der Waals surface area (Å²) in [6, 6.07) is 5.13.